The van der Waals surface area contributed by atoms with Gasteiger partial charge >= 0.3 is 0 Å². The van der Waals surface area contributed by atoms with E-state index in [9.17, 15) is 0 Å². The minimum atomic E-state index is 1.25. The molecule has 18 rings (SSSR count). The van der Waals surface area contributed by atoms with Gasteiger partial charge in [0.05, 0.1) is 0 Å². The second-order valence-corrected chi connectivity index (χ2v) is 28.5. The van der Waals surface area contributed by atoms with Crippen LogP contribution in [0.4, 0.5) is 0 Å². The molecule has 0 amide bonds. The van der Waals surface area contributed by atoms with Crippen LogP contribution in [0.2, 0.25) is 0 Å². The van der Waals surface area contributed by atoms with E-state index in [1.54, 1.807) is 0 Å². The van der Waals surface area contributed by atoms with Gasteiger partial charge in [0.2, 0.25) is 0 Å². The van der Waals surface area contributed by atoms with Crippen molar-refractivity contribution in [1.29, 1.82) is 0 Å². The maximum absolute atomic E-state index is 2.26. The van der Waals surface area contributed by atoms with Crippen molar-refractivity contribution in [3.63, 3.8) is 0 Å². The third-order valence-electron chi connectivity index (χ3n) is 20.7. The Morgan fingerprint density at radius 3 is 0.619 bits per heavy atom. The SMILES string of the molecule is Cc1ccc(-c2ccccc2-c2ccc(-c3ccccc3)cc2)cc1.Cc1cccc(-c2ccccc2-c2ccc(-c3ccccc3)cc2)c1.Cc1ccccc1-c1cccc(-c2ccccc2)c1.Cc1ccccc1-c1ccccc1-c1ccc(-c2ccccc2)cc1.Cc1ccccc1-c1ccccc1-c1ccccc1. The van der Waals surface area contributed by atoms with Gasteiger partial charge in [-0.05, 0) is 202 Å². The zero-order chi connectivity index (χ0) is 77.3. The zero-order valence-corrected chi connectivity index (χ0v) is 65.0. The fraction of sp³-hybridized carbons (Fsp3) is 0.0442. The average molecular weight is 1450 g/mol. The predicted molar refractivity (Wildman–Crippen MR) is 487 cm³/mol. The third kappa shape index (κ3) is 19.5. The largest absolute Gasteiger partial charge is 0.0622 e. The van der Waals surface area contributed by atoms with Crippen LogP contribution in [0.3, 0.4) is 0 Å². The summed E-state index contributed by atoms with van der Waals surface area (Å²) in [5.74, 6) is 0. The van der Waals surface area contributed by atoms with E-state index in [-0.39, 0.29) is 0 Å². The summed E-state index contributed by atoms with van der Waals surface area (Å²) in [5, 5.41) is 0. The molecule has 0 aliphatic rings. The van der Waals surface area contributed by atoms with Crippen molar-refractivity contribution < 1.29 is 0 Å². The first-order valence-electron chi connectivity index (χ1n) is 39.0. The number of rotatable bonds is 13. The molecule has 0 aliphatic carbocycles. The summed E-state index contributed by atoms with van der Waals surface area (Å²) in [6.07, 6.45) is 0. The highest BCUT2D eigenvalue weighted by Gasteiger charge is 2.14. The van der Waals surface area contributed by atoms with Crippen LogP contribution in [0.1, 0.15) is 27.8 Å². The van der Waals surface area contributed by atoms with Gasteiger partial charge in [-0.2, -0.15) is 0 Å². The first-order valence-corrected chi connectivity index (χ1v) is 39.0. The molecule has 0 radical (unpaired) electrons. The highest BCUT2D eigenvalue weighted by Crippen LogP contribution is 2.39. The quantitative estimate of drug-likeness (QED) is 0.108. The van der Waals surface area contributed by atoms with E-state index in [1.807, 2.05) is 0 Å². The summed E-state index contributed by atoms with van der Waals surface area (Å²) in [7, 11) is 0. The van der Waals surface area contributed by atoms with Crippen LogP contribution in [0.5, 0.6) is 0 Å². The Labute approximate surface area is 669 Å². The number of hydrogen-bond donors (Lipinski definition) is 0. The average Bonchev–Trinajstić information content (AvgIpc) is 0.815. The van der Waals surface area contributed by atoms with E-state index in [0.717, 1.165) is 0 Å². The topological polar surface area (TPSA) is 0 Å². The highest BCUT2D eigenvalue weighted by molar-refractivity contribution is 5.89. The Bertz CT molecular complexity index is 6020. The minimum absolute atomic E-state index is 1.25. The lowest BCUT2D eigenvalue weighted by Gasteiger charge is -2.13. The molecule has 0 saturated heterocycles. The van der Waals surface area contributed by atoms with Crippen LogP contribution in [-0.4, -0.2) is 0 Å². The van der Waals surface area contributed by atoms with Gasteiger partial charge in [-0.15, -0.1) is 0 Å². The standard InChI is InChI=1S/3C25H20.2C19H16/c1-19-9-5-6-12-23(19)25-14-8-7-13-24(25)22-17-15-21(16-18-22)20-10-3-2-4-11-20;1-19-8-7-11-23(18-19)25-13-6-5-12-24(25)22-16-14-21(15-17-22)20-9-3-2-4-10-20;1-19-11-13-22(14-12-19)24-9-5-6-10-25(24)23-17-15-21(16-18-23)20-7-3-2-4-8-20;1-15-9-5-6-12-17(15)19-14-8-7-13-18(19)16-10-3-2-4-11-16;1-15-8-5-6-13-19(15)18-12-7-11-17(14-18)16-9-3-2-4-10-16/h3*2-18H,1H3;2*2-14H,1H3. The molecule has 0 nitrogen and oxygen atoms in total. The van der Waals surface area contributed by atoms with Crippen molar-refractivity contribution in [1.82, 2.24) is 0 Å². The fourth-order valence-corrected chi connectivity index (χ4v) is 14.6. The Morgan fingerprint density at radius 2 is 0.292 bits per heavy atom. The van der Waals surface area contributed by atoms with Crippen molar-refractivity contribution in [3.05, 3.63) is 495 Å². The van der Waals surface area contributed by atoms with Gasteiger partial charge in [0.1, 0.15) is 0 Å². The predicted octanol–water partition coefficient (Wildman–Crippen LogP) is 31.6. The van der Waals surface area contributed by atoms with Crippen molar-refractivity contribution in [2.24, 2.45) is 0 Å². The van der Waals surface area contributed by atoms with E-state index in [2.05, 4.69) is 502 Å². The van der Waals surface area contributed by atoms with E-state index in [1.165, 1.54) is 172 Å². The minimum Gasteiger partial charge on any atom is -0.0622 e. The molecular formula is C113H92. The van der Waals surface area contributed by atoms with Gasteiger partial charge in [0.25, 0.3) is 0 Å². The Kier molecular flexibility index (Phi) is 25.4. The van der Waals surface area contributed by atoms with Gasteiger partial charge in [-0.1, -0.05) is 472 Å². The van der Waals surface area contributed by atoms with Gasteiger partial charge < -0.3 is 0 Å². The van der Waals surface area contributed by atoms with Gasteiger partial charge in [0, 0.05) is 0 Å². The molecule has 0 bridgehead atoms. The molecule has 113 heavy (non-hydrogen) atoms. The van der Waals surface area contributed by atoms with Crippen molar-refractivity contribution in [3.8, 4) is 145 Å². The van der Waals surface area contributed by atoms with E-state index < -0.39 is 0 Å². The number of aryl methyl sites for hydroxylation is 5. The lowest BCUT2D eigenvalue weighted by atomic mass is 9.91. The van der Waals surface area contributed by atoms with Crippen LogP contribution in [0, 0.1) is 34.6 Å². The normalized spacial score (nSPS) is 10.5. The Balaban J connectivity index is 0.000000118. The lowest BCUT2D eigenvalue weighted by Crippen LogP contribution is -1.88. The van der Waals surface area contributed by atoms with Crippen molar-refractivity contribution in [2.75, 3.05) is 0 Å². The molecule has 0 unspecified atom stereocenters. The highest BCUT2D eigenvalue weighted by atomic mass is 14.2. The third-order valence-corrected chi connectivity index (χ3v) is 20.7. The number of hydrogen-bond acceptors (Lipinski definition) is 0. The fourth-order valence-electron chi connectivity index (χ4n) is 14.6. The summed E-state index contributed by atoms with van der Waals surface area (Å²) in [6, 6.07) is 165. The van der Waals surface area contributed by atoms with Crippen molar-refractivity contribution in [2.45, 2.75) is 34.6 Å². The molecule has 0 atom stereocenters. The molecule has 0 heterocycles. The van der Waals surface area contributed by atoms with Gasteiger partial charge in [0.15, 0.2) is 0 Å². The first kappa shape index (κ1) is 75.8. The van der Waals surface area contributed by atoms with Crippen LogP contribution >= 0.6 is 0 Å². The number of benzene rings is 18. The molecule has 544 valence electrons. The maximum atomic E-state index is 2.26. The second-order valence-electron chi connectivity index (χ2n) is 28.5. The molecule has 0 saturated carbocycles. The summed E-state index contributed by atoms with van der Waals surface area (Å²) >= 11 is 0. The maximum Gasteiger partial charge on any atom is -0.0103 e. The summed E-state index contributed by atoms with van der Waals surface area (Å²) < 4.78 is 0. The molecule has 0 N–H and O–H groups in total. The molecule has 0 aromatic heterocycles. The summed E-state index contributed by atoms with van der Waals surface area (Å²) in [5.41, 5.74) is 39.5. The summed E-state index contributed by atoms with van der Waals surface area (Å²) in [6.45, 7) is 10.8. The van der Waals surface area contributed by atoms with Crippen LogP contribution in [0.15, 0.2) is 467 Å². The van der Waals surface area contributed by atoms with Gasteiger partial charge in [-0.3, -0.25) is 0 Å². The molecule has 0 fully saturated rings. The molecule has 0 spiro atoms. The van der Waals surface area contributed by atoms with E-state index in [0.29, 0.717) is 0 Å². The monoisotopic (exact) mass is 1450 g/mol. The summed E-state index contributed by atoms with van der Waals surface area (Å²) in [4.78, 5) is 0. The molecule has 18 aromatic carbocycles. The van der Waals surface area contributed by atoms with E-state index in [4.69, 9.17) is 0 Å². The van der Waals surface area contributed by atoms with Crippen LogP contribution in [0.25, 0.3) is 145 Å². The lowest BCUT2D eigenvalue weighted by molar-refractivity contribution is 1.45. The van der Waals surface area contributed by atoms with Crippen LogP contribution in [-0.2, 0) is 0 Å². The molecule has 0 aliphatic heterocycles. The van der Waals surface area contributed by atoms with Gasteiger partial charge in [-0.25, -0.2) is 0 Å². The Hall–Kier alpha value is -14.0. The van der Waals surface area contributed by atoms with Crippen molar-refractivity contribution >= 4 is 0 Å². The van der Waals surface area contributed by atoms with E-state index >= 15 is 0 Å². The first-order chi connectivity index (χ1) is 55.6. The second kappa shape index (κ2) is 37.9. The zero-order valence-electron chi connectivity index (χ0n) is 65.0. The molecular weight excluding hydrogens is 1360 g/mol. The molecule has 0 heteroatoms. The van der Waals surface area contributed by atoms with Crippen LogP contribution < -0.4 is 0 Å². The molecule has 18 aromatic rings. The Morgan fingerprint density at radius 1 is 0.0973 bits per heavy atom. The smallest absolute Gasteiger partial charge is 0.0103 e.